The Morgan fingerprint density at radius 2 is 1.82 bits per heavy atom. The largest absolute Gasteiger partial charge is 0.494 e. The number of carbonyl (C=O) groups is 2. The quantitative estimate of drug-likeness (QED) is 0.658. The first-order valence-electron chi connectivity index (χ1n) is 8.86. The fourth-order valence-corrected chi connectivity index (χ4v) is 3.34. The Morgan fingerprint density at radius 3 is 2.50 bits per heavy atom. The van der Waals surface area contributed by atoms with Gasteiger partial charge in [-0.15, -0.1) is 11.3 Å². The highest BCUT2D eigenvalue weighted by Crippen LogP contribution is 2.26. The Balaban J connectivity index is 1.58. The third-order valence-corrected chi connectivity index (χ3v) is 4.72. The lowest BCUT2D eigenvalue weighted by Gasteiger charge is -2.16. The minimum Gasteiger partial charge on any atom is -0.494 e. The lowest BCUT2D eigenvalue weighted by Crippen LogP contribution is -2.34. The molecular weight excluding hydrogens is 374 g/mol. The zero-order valence-corrected chi connectivity index (χ0v) is 16.5. The molecule has 3 rings (SSSR count). The van der Waals surface area contributed by atoms with Crippen molar-refractivity contribution in [3.05, 3.63) is 65.5 Å². The molecule has 0 atom stereocenters. The molecule has 0 aliphatic carbocycles. The van der Waals surface area contributed by atoms with Crippen LogP contribution in [0.4, 0.5) is 5.13 Å². The summed E-state index contributed by atoms with van der Waals surface area (Å²) in [5, 5.41) is 5.12. The van der Waals surface area contributed by atoms with E-state index in [4.69, 9.17) is 4.74 Å². The highest BCUT2D eigenvalue weighted by atomic mass is 32.1. The van der Waals surface area contributed by atoms with Gasteiger partial charge in [0.1, 0.15) is 5.75 Å². The van der Waals surface area contributed by atoms with E-state index in [2.05, 4.69) is 10.3 Å². The maximum Gasteiger partial charge on any atom is 0.254 e. The molecule has 1 N–H and O–H groups in total. The van der Waals surface area contributed by atoms with Gasteiger partial charge < -0.3 is 15.0 Å². The van der Waals surface area contributed by atoms with E-state index in [0.29, 0.717) is 17.3 Å². The molecule has 3 aromatic rings. The second-order valence-corrected chi connectivity index (χ2v) is 6.93. The molecule has 0 aliphatic heterocycles. The molecule has 0 unspecified atom stereocenters. The van der Waals surface area contributed by atoms with Crippen LogP contribution in [0.1, 0.15) is 17.3 Å². The van der Waals surface area contributed by atoms with Crippen LogP contribution in [-0.4, -0.2) is 41.9 Å². The summed E-state index contributed by atoms with van der Waals surface area (Å²) in [6.45, 7) is 2.51. The van der Waals surface area contributed by atoms with Gasteiger partial charge in [0.05, 0.1) is 18.8 Å². The van der Waals surface area contributed by atoms with Gasteiger partial charge in [0.25, 0.3) is 5.91 Å². The SMILES string of the molecule is CCOc1ccc(-c2csc(NC(=O)CN(C)C(=O)c3ccccc3)n2)cc1. The smallest absolute Gasteiger partial charge is 0.254 e. The number of anilines is 1. The predicted octanol–water partition coefficient (Wildman–Crippen LogP) is 3.92. The topological polar surface area (TPSA) is 71.5 Å². The van der Waals surface area contributed by atoms with Crippen LogP contribution < -0.4 is 10.1 Å². The van der Waals surface area contributed by atoms with Crippen LogP contribution in [0.25, 0.3) is 11.3 Å². The second kappa shape index (κ2) is 9.14. The zero-order chi connectivity index (χ0) is 19.9. The molecule has 0 saturated heterocycles. The number of hydrogen-bond donors (Lipinski definition) is 1. The Kier molecular flexibility index (Phi) is 6.39. The number of thiazole rings is 1. The molecule has 1 aromatic heterocycles. The molecule has 2 amide bonds. The van der Waals surface area contributed by atoms with Crippen LogP contribution in [0.5, 0.6) is 5.75 Å². The van der Waals surface area contributed by atoms with Crippen molar-refractivity contribution in [2.24, 2.45) is 0 Å². The summed E-state index contributed by atoms with van der Waals surface area (Å²) in [5.74, 6) is 0.311. The van der Waals surface area contributed by atoms with E-state index in [1.54, 1.807) is 31.3 Å². The molecule has 0 aliphatic rings. The van der Waals surface area contributed by atoms with E-state index in [0.717, 1.165) is 17.0 Å². The predicted molar refractivity (Wildman–Crippen MR) is 111 cm³/mol. The Morgan fingerprint density at radius 1 is 1.11 bits per heavy atom. The molecule has 0 fully saturated rings. The van der Waals surface area contributed by atoms with Crippen LogP contribution in [0.2, 0.25) is 0 Å². The number of benzene rings is 2. The molecule has 6 nitrogen and oxygen atoms in total. The van der Waals surface area contributed by atoms with Gasteiger partial charge in [-0.05, 0) is 43.3 Å². The number of nitrogens with zero attached hydrogens (tertiary/aromatic N) is 2. The summed E-state index contributed by atoms with van der Waals surface area (Å²) in [6.07, 6.45) is 0. The van der Waals surface area contributed by atoms with Crippen molar-refractivity contribution in [1.82, 2.24) is 9.88 Å². The van der Waals surface area contributed by atoms with Gasteiger partial charge in [-0.3, -0.25) is 9.59 Å². The lowest BCUT2D eigenvalue weighted by molar-refractivity contribution is -0.116. The fraction of sp³-hybridized carbons (Fsp3) is 0.190. The van der Waals surface area contributed by atoms with Crippen LogP contribution in [0.15, 0.2) is 60.0 Å². The third kappa shape index (κ3) is 4.95. The number of hydrogen-bond acceptors (Lipinski definition) is 5. The Bertz CT molecular complexity index is 939. The number of nitrogens with one attached hydrogen (secondary N) is 1. The number of aromatic nitrogens is 1. The van der Waals surface area contributed by atoms with E-state index in [9.17, 15) is 9.59 Å². The van der Waals surface area contributed by atoms with Crippen LogP contribution in [0, 0.1) is 0 Å². The molecular formula is C21H21N3O3S. The molecule has 0 radical (unpaired) electrons. The van der Waals surface area contributed by atoms with Crippen LogP contribution in [0.3, 0.4) is 0 Å². The van der Waals surface area contributed by atoms with Crippen molar-refractivity contribution < 1.29 is 14.3 Å². The van der Waals surface area contributed by atoms with E-state index >= 15 is 0 Å². The van der Waals surface area contributed by atoms with Crippen molar-refractivity contribution in [3.8, 4) is 17.0 Å². The minimum atomic E-state index is -0.292. The standard InChI is InChI=1S/C21H21N3O3S/c1-3-27-17-11-9-15(10-12-17)18-14-28-21(22-18)23-19(25)13-24(2)20(26)16-7-5-4-6-8-16/h4-12,14H,3,13H2,1-2H3,(H,22,23,25). The number of carbonyl (C=O) groups excluding carboxylic acids is 2. The monoisotopic (exact) mass is 395 g/mol. The van der Waals surface area contributed by atoms with Gasteiger partial charge in [0.2, 0.25) is 5.91 Å². The molecule has 1 heterocycles. The number of amides is 2. The van der Waals surface area contributed by atoms with E-state index in [1.807, 2.05) is 42.6 Å². The van der Waals surface area contributed by atoms with E-state index in [1.165, 1.54) is 16.2 Å². The number of likely N-dealkylation sites (N-methyl/N-ethyl adjacent to an activating group) is 1. The van der Waals surface area contributed by atoms with Gasteiger partial charge in [-0.1, -0.05) is 18.2 Å². The summed E-state index contributed by atoms with van der Waals surface area (Å²) >= 11 is 1.34. The Labute approximate surface area is 167 Å². The van der Waals surface area contributed by atoms with Crippen molar-refractivity contribution >= 4 is 28.3 Å². The maximum absolute atomic E-state index is 12.3. The Hall–Kier alpha value is -3.19. The van der Waals surface area contributed by atoms with Crippen molar-refractivity contribution in [2.75, 3.05) is 25.5 Å². The molecule has 7 heteroatoms. The van der Waals surface area contributed by atoms with Crippen molar-refractivity contribution in [2.45, 2.75) is 6.92 Å². The van der Waals surface area contributed by atoms with E-state index < -0.39 is 0 Å². The van der Waals surface area contributed by atoms with Crippen LogP contribution >= 0.6 is 11.3 Å². The van der Waals surface area contributed by atoms with Crippen molar-refractivity contribution in [3.63, 3.8) is 0 Å². The second-order valence-electron chi connectivity index (χ2n) is 6.07. The summed E-state index contributed by atoms with van der Waals surface area (Å²) in [4.78, 5) is 30.4. The highest BCUT2D eigenvalue weighted by molar-refractivity contribution is 7.14. The summed E-state index contributed by atoms with van der Waals surface area (Å²) in [6, 6.07) is 16.5. The summed E-state index contributed by atoms with van der Waals surface area (Å²) in [5.41, 5.74) is 2.26. The fourth-order valence-electron chi connectivity index (χ4n) is 2.60. The summed E-state index contributed by atoms with van der Waals surface area (Å²) in [7, 11) is 1.60. The van der Waals surface area contributed by atoms with Gasteiger partial charge in [0, 0.05) is 23.6 Å². The molecule has 2 aromatic carbocycles. The van der Waals surface area contributed by atoms with Crippen molar-refractivity contribution in [1.29, 1.82) is 0 Å². The summed E-state index contributed by atoms with van der Waals surface area (Å²) < 4.78 is 5.44. The zero-order valence-electron chi connectivity index (χ0n) is 15.7. The molecule has 0 spiro atoms. The van der Waals surface area contributed by atoms with E-state index in [-0.39, 0.29) is 18.4 Å². The first kappa shape index (κ1) is 19.6. The number of ether oxygens (including phenoxy) is 1. The molecule has 28 heavy (non-hydrogen) atoms. The van der Waals surface area contributed by atoms with Gasteiger partial charge in [-0.2, -0.15) is 0 Å². The lowest BCUT2D eigenvalue weighted by atomic mass is 10.2. The van der Waals surface area contributed by atoms with Gasteiger partial charge in [0.15, 0.2) is 5.13 Å². The molecule has 0 saturated carbocycles. The first-order valence-corrected chi connectivity index (χ1v) is 9.74. The van der Waals surface area contributed by atoms with Crippen LogP contribution in [-0.2, 0) is 4.79 Å². The molecule has 144 valence electrons. The molecule has 0 bridgehead atoms. The average molecular weight is 395 g/mol. The third-order valence-electron chi connectivity index (χ3n) is 3.96. The highest BCUT2D eigenvalue weighted by Gasteiger charge is 2.16. The first-order chi connectivity index (χ1) is 13.6. The number of rotatable bonds is 7. The normalized spacial score (nSPS) is 10.4. The van der Waals surface area contributed by atoms with Gasteiger partial charge in [-0.25, -0.2) is 4.98 Å². The maximum atomic E-state index is 12.3. The average Bonchev–Trinajstić information content (AvgIpc) is 3.17. The minimum absolute atomic E-state index is 0.0499. The van der Waals surface area contributed by atoms with Gasteiger partial charge >= 0.3 is 0 Å².